The monoisotopic (exact) mass is 317 g/mol. The van der Waals surface area contributed by atoms with Crippen molar-refractivity contribution in [3.05, 3.63) is 46.7 Å². The van der Waals surface area contributed by atoms with E-state index < -0.39 is 11.7 Å². The van der Waals surface area contributed by atoms with Crippen LogP contribution in [0.4, 0.5) is 13.2 Å². The van der Waals surface area contributed by atoms with Crippen LogP contribution in [0, 0.1) is 0 Å². The number of halogens is 4. The van der Waals surface area contributed by atoms with Crippen molar-refractivity contribution in [2.45, 2.75) is 26.1 Å². The quantitative estimate of drug-likeness (QED) is 0.774. The van der Waals surface area contributed by atoms with Crippen molar-refractivity contribution in [1.29, 1.82) is 0 Å². The molecule has 1 aromatic carbocycles. The lowest BCUT2D eigenvalue weighted by Crippen LogP contribution is -2.12. The minimum absolute atomic E-state index is 0.0295. The highest BCUT2D eigenvalue weighted by Gasteiger charge is 2.31. The molecule has 0 bridgehead atoms. The van der Waals surface area contributed by atoms with Gasteiger partial charge in [0.2, 0.25) is 0 Å². The van der Waals surface area contributed by atoms with Crippen molar-refractivity contribution in [3.63, 3.8) is 0 Å². The van der Waals surface area contributed by atoms with Gasteiger partial charge in [0.25, 0.3) is 0 Å². The summed E-state index contributed by atoms with van der Waals surface area (Å²) in [6, 6.07) is 6.78. The second-order valence-electron chi connectivity index (χ2n) is 4.67. The van der Waals surface area contributed by atoms with Gasteiger partial charge < -0.3 is 9.73 Å². The summed E-state index contributed by atoms with van der Waals surface area (Å²) in [6.45, 7) is 3.44. The van der Waals surface area contributed by atoms with Gasteiger partial charge in [-0.3, -0.25) is 0 Å². The van der Waals surface area contributed by atoms with Crippen molar-refractivity contribution in [2.75, 3.05) is 6.54 Å². The molecule has 0 fully saturated rings. The van der Waals surface area contributed by atoms with E-state index in [2.05, 4.69) is 5.32 Å². The summed E-state index contributed by atoms with van der Waals surface area (Å²) in [5.41, 5.74) is -0.469. The summed E-state index contributed by atoms with van der Waals surface area (Å²) in [5, 5.41) is 3.19. The van der Waals surface area contributed by atoms with Crippen molar-refractivity contribution in [3.8, 4) is 11.3 Å². The maximum Gasteiger partial charge on any atom is 0.416 e. The highest BCUT2D eigenvalue weighted by atomic mass is 35.5. The van der Waals surface area contributed by atoms with Crippen LogP contribution in [0.1, 0.15) is 24.7 Å². The fraction of sp³-hybridized carbons (Fsp3) is 0.333. The smallest absolute Gasteiger partial charge is 0.416 e. The number of alkyl halides is 3. The van der Waals surface area contributed by atoms with Gasteiger partial charge in [0.15, 0.2) is 0 Å². The largest absolute Gasteiger partial charge is 0.460 e. The van der Waals surface area contributed by atoms with Gasteiger partial charge in [-0.15, -0.1) is 0 Å². The Kier molecular flexibility index (Phi) is 4.96. The summed E-state index contributed by atoms with van der Waals surface area (Å²) in [6.07, 6.45) is -3.44. The van der Waals surface area contributed by atoms with Crippen LogP contribution in [0.15, 0.2) is 34.7 Å². The van der Waals surface area contributed by atoms with Crippen molar-refractivity contribution >= 4 is 11.6 Å². The minimum Gasteiger partial charge on any atom is -0.460 e. The van der Waals surface area contributed by atoms with Crippen LogP contribution in [-0.2, 0) is 12.7 Å². The zero-order valence-electron chi connectivity index (χ0n) is 11.4. The van der Waals surface area contributed by atoms with E-state index in [1.54, 1.807) is 12.1 Å². The van der Waals surface area contributed by atoms with E-state index in [1.807, 2.05) is 6.92 Å². The van der Waals surface area contributed by atoms with Gasteiger partial charge in [-0.05, 0) is 43.3 Å². The second kappa shape index (κ2) is 6.54. The molecule has 0 aliphatic carbocycles. The third-order valence-electron chi connectivity index (χ3n) is 2.90. The molecule has 0 atom stereocenters. The molecule has 6 heteroatoms. The molecule has 0 saturated carbocycles. The fourth-order valence-corrected chi connectivity index (χ4v) is 2.15. The van der Waals surface area contributed by atoms with Crippen molar-refractivity contribution in [2.24, 2.45) is 0 Å². The first kappa shape index (κ1) is 15.9. The summed E-state index contributed by atoms with van der Waals surface area (Å²) >= 11 is 5.76. The predicted molar refractivity (Wildman–Crippen MR) is 76.2 cm³/mol. The molecule has 0 amide bonds. The Morgan fingerprint density at radius 3 is 2.62 bits per heavy atom. The number of benzene rings is 1. The minimum atomic E-state index is -4.43. The van der Waals surface area contributed by atoms with E-state index in [4.69, 9.17) is 16.0 Å². The first-order chi connectivity index (χ1) is 9.90. The fourth-order valence-electron chi connectivity index (χ4n) is 1.91. The van der Waals surface area contributed by atoms with Gasteiger partial charge in [-0.2, -0.15) is 13.2 Å². The van der Waals surface area contributed by atoms with Crippen molar-refractivity contribution in [1.82, 2.24) is 5.32 Å². The van der Waals surface area contributed by atoms with Crippen LogP contribution >= 0.6 is 11.6 Å². The number of hydrogen-bond acceptors (Lipinski definition) is 2. The van der Waals surface area contributed by atoms with Gasteiger partial charge in [-0.25, -0.2) is 0 Å². The topological polar surface area (TPSA) is 25.2 Å². The Morgan fingerprint density at radius 1 is 1.19 bits per heavy atom. The third kappa shape index (κ3) is 4.25. The Labute approximate surface area is 125 Å². The van der Waals surface area contributed by atoms with Crippen molar-refractivity contribution < 1.29 is 17.6 Å². The molecule has 0 spiro atoms. The lowest BCUT2D eigenvalue weighted by Gasteiger charge is -2.08. The van der Waals surface area contributed by atoms with Gasteiger partial charge in [0, 0.05) is 10.6 Å². The molecule has 114 valence electrons. The molecule has 1 heterocycles. The van der Waals surface area contributed by atoms with Crippen LogP contribution < -0.4 is 5.32 Å². The Bertz CT molecular complexity index is 607. The molecular formula is C15H15ClF3NO. The lowest BCUT2D eigenvalue weighted by molar-refractivity contribution is -0.137. The van der Waals surface area contributed by atoms with E-state index in [1.165, 1.54) is 6.07 Å². The normalized spacial score (nSPS) is 11.9. The molecule has 1 aromatic heterocycles. The standard InChI is InChI=1S/C15H15ClF3NO/c1-2-5-20-9-13-3-4-14(21-13)10-6-11(15(17,18)19)8-12(16)7-10/h3-4,6-8,20H,2,5,9H2,1H3. The van der Waals surface area contributed by atoms with Crippen LogP contribution in [-0.4, -0.2) is 6.54 Å². The van der Waals surface area contributed by atoms with E-state index in [0.717, 1.165) is 25.1 Å². The molecule has 0 saturated heterocycles. The molecule has 0 aliphatic heterocycles. The number of nitrogens with one attached hydrogen (secondary N) is 1. The highest BCUT2D eigenvalue weighted by molar-refractivity contribution is 6.30. The molecule has 1 N–H and O–H groups in total. The lowest BCUT2D eigenvalue weighted by atomic mass is 10.1. The summed E-state index contributed by atoms with van der Waals surface area (Å²) in [4.78, 5) is 0. The van der Waals surface area contributed by atoms with Crippen LogP contribution in [0.5, 0.6) is 0 Å². The Hall–Kier alpha value is -1.46. The third-order valence-corrected chi connectivity index (χ3v) is 3.12. The molecular weight excluding hydrogens is 303 g/mol. The molecule has 2 nitrogen and oxygen atoms in total. The number of furan rings is 1. The van der Waals surface area contributed by atoms with E-state index in [9.17, 15) is 13.2 Å². The SMILES string of the molecule is CCCNCc1ccc(-c2cc(Cl)cc(C(F)(F)F)c2)o1. The zero-order valence-corrected chi connectivity index (χ0v) is 12.2. The number of hydrogen-bond donors (Lipinski definition) is 1. The Morgan fingerprint density at radius 2 is 1.95 bits per heavy atom. The van der Waals surface area contributed by atoms with Gasteiger partial charge >= 0.3 is 6.18 Å². The second-order valence-corrected chi connectivity index (χ2v) is 5.11. The van der Waals surface area contributed by atoms with Crippen LogP contribution in [0.3, 0.4) is 0 Å². The average molecular weight is 318 g/mol. The molecule has 0 unspecified atom stereocenters. The molecule has 2 aromatic rings. The molecule has 0 aliphatic rings. The predicted octanol–water partition coefficient (Wildman–Crippen LogP) is 5.12. The van der Waals surface area contributed by atoms with Gasteiger partial charge in [0.1, 0.15) is 11.5 Å². The maximum absolute atomic E-state index is 12.8. The zero-order chi connectivity index (χ0) is 15.5. The molecule has 2 rings (SSSR count). The van der Waals surface area contributed by atoms with Crippen LogP contribution in [0.2, 0.25) is 5.02 Å². The highest BCUT2D eigenvalue weighted by Crippen LogP contribution is 2.35. The van der Waals surface area contributed by atoms with E-state index in [0.29, 0.717) is 23.6 Å². The van der Waals surface area contributed by atoms with Crippen LogP contribution in [0.25, 0.3) is 11.3 Å². The molecule has 0 radical (unpaired) electrons. The van der Waals surface area contributed by atoms with Gasteiger partial charge in [-0.1, -0.05) is 18.5 Å². The average Bonchev–Trinajstić information content (AvgIpc) is 2.86. The summed E-state index contributed by atoms with van der Waals surface area (Å²) in [5.74, 6) is 1.04. The maximum atomic E-state index is 12.8. The van der Waals surface area contributed by atoms with E-state index >= 15 is 0 Å². The number of rotatable bonds is 5. The van der Waals surface area contributed by atoms with E-state index in [-0.39, 0.29) is 5.02 Å². The summed E-state index contributed by atoms with van der Waals surface area (Å²) in [7, 11) is 0. The Balaban J connectivity index is 2.24. The first-order valence-electron chi connectivity index (χ1n) is 6.57. The van der Waals surface area contributed by atoms with Gasteiger partial charge in [0.05, 0.1) is 12.1 Å². The molecule has 21 heavy (non-hydrogen) atoms. The first-order valence-corrected chi connectivity index (χ1v) is 6.95. The summed E-state index contributed by atoms with van der Waals surface area (Å²) < 4.78 is 43.9.